The van der Waals surface area contributed by atoms with Gasteiger partial charge in [0, 0.05) is 25.3 Å². The summed E-state index contributed by atoms with van der Waals surface area (Å²) in [7, 11) is 0. The zero-order chi connectivity index (χ0) is 13.0. The van der Waals surface area contributed by atoms with Crippen LogP contribution < -0.4 is 0 Å². The number of aliphatic hydroxyl groups excluding tert-OH is 1. The van der Waals surface area contributed by atoms with Crippen molar-refractivity contribution in [2.24, 2.45) is 0 Å². The Morgan fingerprint density at radius 3 is 3.06 bits per heavy atom. The molecule has 0 aromatic carbocycles. The predicted molar refractivity (Wildman–Crippen MR) is 70.5 cm³/mol. The summed E-state index contributed by atoms with van der Waals surface area (Å²) in [4.78, 5) is 0. The smallest absolute Gasteiger partial charge is 0.0857 e. The van der Waals surface area contributed by atoms with Gasteiger partial charge in [0.1, 0.15) is 0 Å². The molecule has 2 heterocycles. The summed E-state index contributed by atoms with van der Waals surface area (Å²) in [6.45, 7) is 5.08. The molecule has 1 N–H and O–H groups in total. The molecule has 1 fully saturated rings. The molecule has 1 aromatic rings. The quantitative estimate of drug-likeness (QED) is 0.875. The Bertz CT molecular complexity index is 358. The van der Waals surface area contributed by atoms with E-state index in [9.17, 15) is 5.11 Å². The van der Waals surface area contributed by atoms with E-state index in [-0.39, 0.29) is 6.10 Å². The third kappa shape index (κ3) is 3.33. The van der Waals surface area contributed by atoms with Crippen LogP contribution in [0.4, 0.5) is 0 Å². The fraction of sp³-hybridized carbons (Fsp3) is 0.786. The summed E-state index contributed by atoms with van der Waals surface area (Å²) in [5.41, 5.74) is 0.956. The van der Waals surface area contributed by atoms with Crippen LogP contribution in [0.1, 0.15) is 51.3 Å². The summed E-state index contributed by atoms with van der Waals surface area (Å²) < 4.78 is 7.58. The van der Waals surface area contributed by atoms with Gasteiger partial charge in [0.2, 0.25) is 0 Å². The van der Waals surface area contributed by atoms with Gasteiger partial charge in [-0.15, -0.1) is 0 Å². The van der Waals surface area contributed by atoms with E-state index in [2.05, 4.69) is 18.9 Å². The zero-order valence-electron chi connectivity index (χ0n) is 11.4. The van der Waals surface area contributed by atoms with E-state index in [4.69, 9.17) is 4.74 Å². The molecule has 0 spiro atoms. The van der Waals surface area contributed by atoms with Gasteiger partial charge >= 0.3 is 0 Å². The molecule has 0 saturated carbocycles. The Hall–Kier alpha value is -0.870. The minimum atomic E-state index is -0.425. The lowest BCUT2D eigenvalue weighted by atomic mass is 10.0. The van der Waals surface area contributed by atoms with Gasteiger partial charge < -0.3 is 9.84 Å². The number of nitrogens with zero attached hydrogens (tertiary/aromatic N) is 2. The molecule has 1 aromatic heterocycles. The van der Waals surface area contributed by atoms with Crippen LogP contribution in [0.15, 0.2) is 12.3 Å². The first-order valence-corrected chi connectivity index (χ1v) is 7.04. The Balaban J connectivity index is 1.90. The number of rotatable bonds is 5. The number of aliphatic hydroxyl groups is 1. The van der Waals surface area contributed by atoms with Gasteiger partial charge in [0.05, 0.1) is 17.9 Å². The average molecular weight is 252 g/mol. The molecule has 102 valence electrons. The first-order chi connectivity index (χ1) is 8.70. The third-order valence-electron chi connectivity index (χ3n) is 3.77. The van der Waals surface area contributed by atoms with Crippen molar-refractivity contribution in [3.05, 3.63) is 18.0 Å². The predicted octanol–water partition coefficient (Wildman–Crippen LogP) is 2.33. The van der Waals surface area contributed by atoms with Crippen LogP contribution in [0.3, 0.4) is 0 Å². The molecule has 0 bridgehead atoms. The van der Waals surface area contributed by atoms with Crippen LogP contribution >= 0.6 is 0 Å². The van der Waals surface area contributed by atoms with E-state index in [1.165, 1.54) is 0 Å². The van der Waals surface area contributed by atoms with Crippen LogP contribution in [0.2, 0.25) is 0 Å². The van der Waals surface area contributed by atoms with Crippen molar-refractivity contribution >= 4 is 0 Å². The Kier molecular flexibility index (Phi) is 4.78. The highest BCUT2D eigenvalue weighted by Gasteiger charge is 2.23. The van der Waals surface area contributed by atoms with Gasteiger partial charge in [0.25, 0.3) is 0 Å². The topological polar surface area (TPSA) is 47.3 Å². The first-order valence-electron chi connectivity index (χ1n) is 7.04. The molecule has 0 radical (unpaired) electrons. The molecule has 0 amide bonds. The van der Waals surface area contributed by atoms with Crippen molar-refractivity contribution in [3.8, 4) is 0 Å². The Morgan fingerprint density at radius 1 is 1.56 bits per heavy atom. The minimum absolute atomic E-state index is 0.00695. The molecule has 1 aliphatic heterocycles. The maximum absolute atomic E-state index is 10.2. The van der Waals surface area contributed by atoms with Crippen LogP contribution in [-0.4, -0.2) is 33.7 Å². The number of hydrogen-bond acceptors (Lipinski definition) is 3. The molecule has 4 heteroatoms. The summed E-state index contributed by atoms with van der Waals surface area (Å²) >= 11 is 0. The van der Waals surface area contributed by atoms with Crippen molar-refractivity contribution in [2.45, 2.75) is 64.2 Å². The monoisotopic (exact) mass is 252 g/mol. The second-order valence-electron chi connectivity index (χ2n) is 5.22. The average Bonchev–Trinajstić information content (AvgIpc) is 2.87. The molecule has 1 saturated heterocycles. The van der Waals surface area contributed by atoms with Gasteiger partial charge in [-0.1, -0.05) is 6.92 Å². The van der Waals surface area contributed by atoms with Crippen LogP contribution in [-0.2, 0) is 11.2 Å². The second-order valence-corrected chi connectivity index (χ2v) is 5.22. The van der Waals surface area contributed by atoms with Gasteiger partial charge in [0.15, 0.2) is 0 Å². The highest BCUT2D eigenvalue weighted by atomic mass is 16.5. The Labute approximate surface area is 109 Å². The summed E-state index contributed by atoms with van der Waals surface area (Å²) in [5.74, 6) is 0. The highest BCUT2D eigenvalue weighted by Crippen LogP contribution is 2.18. The SMILES string of the molecule is CCC(C)n1ccc(CC(O)C2CCCCO2)n1. The maximum atomic E-state index is 10.2. The molecular formula is C14H24N2O2. The molecule has 4 nitrogen and oxygen atoms in total. The summed E-state index contributed by atoms with van der Waals surface area (Å²) in [6.07, 6.45) is 6.46. The summed E-state index contributed by atoms with van der Waals surface area (Å²) in [5, 5.41) is 14.7. The van der Waals surface area contributed by atoms with Crippen molar-refractivity contribution in [1.82, 2.24) is 9.78 Å². The lowest BCUT2D eigenvalue weighted by molar-refractivity contribution is -0.0614. The van der Waals surface area contributed by atoms with Gasteiger partial charge in [-0.05, 0) is 38.7 Å². The van der Waals surface area contributed by atoms with E-state index in [0.717, 1.165) is 38.0 Å². The molecule has 1 aliphatic rings. The maximum Gasteiger partial charge on any atom is 0.0857 e. The van der Waals surface area contributed by atoms with Crippen molar-refractivity contribution in [3.63, 3.8) is 0 Å². The van der Waals surface area contributed by atoms with Crippen molar-refractivity contribution < 1.29 is 9.84 Å². The van der Waals surface area contributed by atoms with E-state index in [0.29, 0.717) is 12.5 Å². The Morgan fingerprint density at radius 2 is 2.39 bits per heavy atom. The van der Waals surface area contributed by atoms with E-state index in [1.807, 2.05) is 16.9 Å². The fourth-order valence-corrected chi connectivity index (χ4v) is 2.33. The highest BCUT2D eigenvalue weighted by molar-refractivity contribution is 5.02. The third-order valence-corrected chi connectivity index (χ3v) is 3.77. The van der Waals surface area contributed by atoms with Gasteiger partial charge in [-0.3, -0.25) is 4.68 Å². The summed E-state index contributed by atoms with van der Waals surface area (Å²) in [6, 6.07) is 2.42. The lowest BCUT2D eigenvalue weighted by Crippen LogP contribution is -2.33. The molecule has 3 unspecified atom stereocenters. The molecule has 0 aliphatic carbocycles. The standard InChI is InChI=1S/C14H24N2O2/c1-3-11(2)16-8-7-12(15-16)10-13(17)14-6-4-5-9-18-14/h7-8,11,13-14,17H,3-6,9-10H2,1-2H3. The number of hydrogen-bond donors (Lipinski definition) is 1. The van der Waals surface area contributed by atoms with Crippen LogP contribution in [0.5, 0.6) is 0 Å². The molecular weight excluding hydrogens is 228 g/mol. The zero-order valence-corrected chi connectivity index (χ0v) is 11.4. The molecule has 18 heavy (non-hydrogen) atoms. The molecule has 3 atom stereocenters. The van der Waals surface area contributed by atoms with Crippen LogP contribution in [0, 0.1) is 0 Å². The molecule has 2 rings (SSSR count). The lowest BCUT2D eigenvalue weighted by Gasteiger charge is -2.26. The fourth-order valence-electron chi connectivity index (χ4n) is 2.33. The second kappa shape index (κ2) is 6.34. The van der Waals surface area contributed by atoms with E-state index in [1.54, 1.807) is 0 Å². The van der Waals surface area contributed by atoms with Gasteiger partial charge in [-0.2, -0.15) is 5.10 Å². The minimum Gasteiger partial charge on any atom is -0.390 e. The van der Waals surface area contributed by atoms with Crippen LogP contribution in [0.25, 0.3) is 0 Å². The van der Waals surface area contributed by atoms with E-state index < -0.39 is 6.10 Å². The van der Waals surface area contributed by atoms with Crippen molar-refractivity contribution in [2.75, 3.05) is 6.61 Å². The van der Waals surface area contributed by atoms with E-state index >= 15 is 0 Å². The normalized spacial score (nSPS) is 23.8. The van der Waals surface area contributed by atoms with Crippen molar-refractivity contribution in [1.29, 1.82) is 0 Å². The first kappa shape index (κ1) is 13.6. The van der Waals surface area contributed by atoms with Gasteiger partial charge in [-0.25, -0.2) is 0 Å². The largest absolute Gasteiger partial charge is 0.390 e. The number of aromatic nitrogens is 2. The number of ether oxygens (including phenoxy) is 1.